The Morgan fingerprint density at radius 2 is 1.84 bits per heavy atom. The summed E-state index contributed by atoms with van der Waals surface area (Å²) in [4.78, 5) is 0.289. The fourth-order valence-corrected chi connectivity index (χ4v) is 4.11. The first kappa shape index (κ1) is 19.7. The van der Waals surface area contributed by atoms with Gasteiger partial charge in [0.25, 0.3) is 0 Å². The summed E-state index contributed by atoms with van der Waals surface area (Å²) < 4.78 is 60.2. The molecule has 0 aromatic heterocycles. The molecule has 2 rings (SSSR count). The van der Waals surface area contributed by atoms with Crippen LogP contribution in [0, 0.1) is 5.41 Å². The van der Waals surface area contributed by atoms with E-state index in [0.717, 1.165) is 11.1 Å². The molecule has 0 heterocycles. The van der Waals surface area contributed by atoms with E-state index < -0.39 is 34.3 Å². The van der Waals surface area contributed by atoms with Gasteiger partial charge in [-0.3, -0.25) is 0 Å². The third-order valence-electron chi connectivity index (χ3n) is 4.53. The van der Waals surface area contributed by atoms with Crippen molar-refractivity contribution in [3.63, 3.8) is 0 Å². The highest BCUT2D eigenvalue weighted by atomic mass is 32.2. The number of hydrogen-bond donors (Lipinski definition) is 1. The van der Waals surface area contributed by atoms with Crippen LogP contribution in [0.25, 0.3) is 5.57 Å². The Kier molecular flexibility index (Phi) is 6.11. The fourth-order valence-electron chi connectivity index (χ4n) is 3.32. The molecule has 0 saturated heterocycles. The lowest BCUT2D eigenvalue weighted by molar-refractivity contribution is -0.135. The Morgan fingerprint density at radius 1 is 1.20 bits per heavy atom. The average Bonchev–Trinajstić information content (AvgIpc) is 2.51. The highest BCUT2D eigenvalue weighted by Crippen LogP contribution is 2.41. The monoisotopic (exact) mass is 373 g/mol. The van der Waals surface area contributed by atoms with E-state index in [1.165, 1.54) is 0 Å². The zero-order chi connectivity index (χ0) is 18.7. The zero-order valence-corrected chi connectivity index (χ0v) is 15.0. The molecule has 1 atom stereocenters. The minimum Gasteiger partial charge on any atom is -0.309 e. The van der Waals surface area contributed by atoms with Crippen molar-refractivity contribution in [3.8, 4) is 0 Å². The molecular formula is C18H22F3NO2S. The standard InChI is InChI=1S/C18H22F3NO2S/c1-17(2)14(13-7-4-3-5-8-13)9-10-15(25(23)24)16(17)22-12-6-11-18(19,20)21/h3-5,7-9,16,22H,6,10-12H2,1-2H3. The molecule has 1 aromatic rings. The maximum Gasteiger partial charge on any atom is 0.389 e. The first-order valence-electron chi connectivity index (χ1n) is 8.14. The second-order valence-corrected chi connectivity index (χ2v) is 7.71. The van der Waals surface area contributed by atoms with Crippen LogP contribution in [0.5, 0.6) is 0 Å². The predicted molar refractivity (Wildman–Crippen MR) is 93.8 cm³/mol. The minimum absolute atomic E-state index is 0.0841. The molecule has 0 fully saturated rings. The molecule has 0 amide bonds. The highest BCUT2D eigenvalue weighted by Gasteiger charge is 2.40. The van der Waals surface area contributed by atoms with E-state index in [1.54, 1.807) is 0 Å². The van der Waals surface area contributed by atoms with Crippen molar-refractivity contribution in [1.82, 2.24) is 5.32 Å². The summed E-state index contributed by atoms with van der Waals surface area (Å²) in [6.07, 6.45) is -3.01. The van der Waals surface area contributed by atoms with E-state index in [0.29, 0.717) is 0 Å². The van der Waals surface area contributed by atoms with Gasteiger partial charge in [-0.15, -0.1) is 0 Å². The average molecular weight is 373 g/mol. The van der Waals surface area contributed by atoms with Crippen LogP contribution in [0.2, 0.25) is 0 Å². The van der Waals surface area contributed by atoms with Gasteiger partial charge >= 0.3 is 6.18 Å². The van der Waals surface area contributed by atoms with E-state index in [9.17, 15) is 21.6 Å². The van der Waals surface area contributed by atoms with Crippen molar-refractivity contribution < 1.29 is 21.6 Å². The number of benzene rings is 1. The van der Waals surface area contributed by atoms with Crippen LogP contribution in [-0.2, 0) is 10.3 Å². The Labute approximate surface area is 147 Å². The van der Waals surface area contributed by atoms with Crippen molar-refractivity contribution in [1.29, 1.82) is 0 Å². The minimum atomic E-state index is -4.20. The predicted octanol–water partition coefficient (Wildman–Crippen LogP) is 3.85. The van der Waals surface area contributed by atoms with Gasteiger partial charge in [-0.05, 0) is 24.1 Å². The summed E-state index contributed by atoms with van der Waals surface area (Å²) in [6, 6.07) is 9.09. The van der Waals surface area contributed by atoms with Crippen LogP contribution < -0.4 is 5.32 Å². The number of halogens is 3. The normalized spacial score (nSPS) is 20.3. The number of rotatable bonds is 5. The van der Waals surface area contributed by atoms with Crippen molar-refractivity contribution >= 4 is 20.7 Å². The van der Waals surface area contributed by atoms with Gasteiger partial charge < -0.3 is 5.32 Å². The lowest BCUT2D eigenvalue weighted by atomic mass is 9.69. The molecule has 1 aliphatic rings. The van der Waals surface area contributed by atoms with Gasteiger partial charge in [-0.25, -0.2) is 0 Å². The molecule has 0 radical (unpaired) electrons. The number of hydrogen-bond acceptors (Lipinski definition) is 3. The highest BCUT2D eigenvalue weighted by molar-refractivity contribution is 7.73. The molecule has 0 saturated carbocycles. The van der Waals surface area contributed by atoms with Crippen molar-refractivity contribution in [2.24, 2.45) is 5.41 Å². The van der Waals surface area contributed by atoms with Crippen LogP contribution in [0.3, 0.4) is 0 Å². The summed E-state index contributed by atoms with van der Waals surface area (Å²) in [5.74, 6) is 0. The fraction of sp³-hybridized carbons (Fsp3) is 0.500. The summed E-state index contributed by atoms with van der Waals surface area (Å²) in [5, 5.41) is 3.04. The third-order valence-corrected chi connectivity index (χ3v) is 5.36. The van der Waals surface area contributed by atoms with E-state index in [1.807, 2.05) is 50.3 Å². The van der Waals surface area contributed by atoms with E-state index in [2.05, 4.69) is 5.32 Å². The quantitative estimate of drug-likeness (QED) is 0.630. The van der Waals surface area contributed by atoms with Crippen molar-refractivity contribution in [3.05, 3.63) is 42.0 Å². The molecule has 138 valence electrons. The first-order valence-corrected chi connectivity index (χ1v) is 9.21. The van der Waals surface area contributed by atoms with Crippen LogP contribution in [0.15, 0.2) is 36.4 Å². The van der Waals surface area contributed by atoms with Gasteiger partial charge in [0.15, 0.2) is 0 Å². The van der Waals surface area contributed by atoms with Crippen molar-refractivity contribution in [2.75, 3.05) is 6.54 Å². The molecule has 1 aliphatic carbocycles. The molecule has 3 nitrogen and oxygen atoms in total. The summed E-state index contributed by atoms with van der Waals surface area (Å²) in [7, 11) is -2.39. The van der Waals surface area contributed by atoms with E-state index >= 15 is 0 Å². The summed E-state index contributed by atoms with van der Waals surface area (Å²) in [5.41, 5.74) is 1.42. The largest absolute Gasteiger partial charge is 0.389 e. The second kappa shape index (κ2) is 7.74. The molecule has 1 aromatic carbocycles. The van der Waals surface area contributed by atoms with E-state index in [4.69, 9.17) is 0 Å². The zero-order valence-electron chi connectivity index (χ0n) is 14.2. The van der Waals surface area contributed by atoms with Gasteiger partial charge in [0, 0.05) is 18.3 Å². The SMILES string of the molecule is CC1(C)C(c2ccccc2)=CCC(=S(=O)=O)C1NCCCC(F)(F)F. The smallest absolute Gasteiger partial charge is 0.309 e. The summed E-state index contributed by atoms with van der Waals surface area (Å²) >= 11 is 0. The number of alkyl halides is 3. The Hall–Kier alpha value is -1.60. The second-order valence-electron chi connectivity index (χ2n) is 6.72. The maximum atomic E-state index is 12.3. The molecular weight excluding hydrogens is 351 g/mol. The lowest BCUT2D eigenvalue weighted by Gasteiger charge is -2.41. The Bertz CT molecular complexity index is 757. The molecule has 7 heteroatoms. The van der Waals surface area contributed by atoms with E-state index in [-0.39, 0.29) is 24.3 Å². The van der Waals surface area contributed by atoms with Gasteiger partial charge in [0.1, 0.15) is 0 Å². The van der Waals surface area contributed by atoms with Crippen molar-refractivity contribution in [2.45, 2.75) is 45.3 Å². The van der Waals surface area contributed by atoms with Gasteiger partial charge in [0.2, 0.25) is 10.3 Å². The lowest BCUT2D eigenvalue weighted by Crippen LogP contribution is -2.50. The molecule has 0 aliphatic heterocycles. The molecule has 0 bridgehead atoms. The molecule has 1 unspecified atom stereocenters. The molecule has 25 heavy (non-hydrogen) atoms. The molecule has 0 spiro atoms. The van der Waals surface area contributed by atoms with Crippen LogP contribution in [0.1, 0.15) is 38.7 Å². The first-order chi connectivity index (χ1) is 11.6. The Morgan fingerprint density at radius 3 is 2.40 bits per heavy atom. The topological polar surface area (TPSA) is 46.2 Å². The van der Waals surface area contributed by atoms with Crippen LogP contribution in [0.4, 0.5) is 13.2 Å². The molecule has 1 N–H and O–H groups in total. The van der Waals surface area contributed by atoms with Gasteiger partial charge in [-0.2, -0.15) is 21.6 Å². The van der Waals surface area contributed by atoms with Gasteiger partial charge in [-0.1, -0.05) is 50.3 Å². The maximum absolute atomic E-state index is 12.3. The number of nitrogens with one attached hydrogen (secondary N) is 1. The van der Waals surface area contributed by atoms with Gasteiger partial charge in [0.05, 0.1) is 10.9 Å². The van der Waals surface area contributed by atoms with Crippen LogP contribution >= 0.6 is 0 Å². The van der Waals surface area contributed by atoms with Crippen LogP contribution in [-0.4, -0.2) is 32.0 Å². The summed E-state index contributed by atoms with van der Waals surface area (Å²) in [6.45, 7) is 3.94. The third kappa shape index (κ3) is 4.95. The Balaban J connectivity index is 2.25. The number of allylic oxidation sites excluding steroid dienone is 1.